The number of furan rings is 1. The predicted octanol–water partition coefficient (Wildman–Crippen LogP) is 3.82. The Morgan fingerprint density at radius 1 is 1.08 bits per heavy atom. The average Bonchev–Trinajstić information content (AvgIpc) is 3.49. The van der Waals surface area contributed by atoms with E-state index in [0.29, 0.717) is 11.8 Å². The number of ether oxygens (including phenoxy) is 2. The van der Waals surface area contributed by atoms with Gasteiger partial charge >= 0.3 is 24.3 Å². The Balaban J connectivity index is 0.000000317. The van der Waals surface area contributed by atoms with Crippen LogP contribution in [-0.2, 0) is 39.2 Å². The highest BCUT2D eigenvalue weighted by Crippen LogP contribution is 2.29. The van der Waals surface area contributed by atoms with Crippen LogP contribution < -0.4 is 0 Å². The number of carbonyl (C=O) groups is 2. The lowest BCUT2D eigenvalue weighted by molar-refractivity contribution is -0.193. The largest absolute Gasteiger partial charge is 0.490 e. The van der Waals surface area contributed by atoms with Gasteiger partial charge in [-0.05, 0) is 24.8 Å². The minimum absolute atomic E-state index is 0.364. The van der Waals surface area contributed by atoms with Gasteiger partial charge in [0.1, 0.15) is 0 Å². The van der Waals surface area contributed by atoms with Crippen molar-refractivity contribution in [1.29, 1.82) is 0 Å². The second-order valence-corrected chi connectivity index (χ2v) is 8.88. The van der Waals surface area contributed by atoms with Gasteiger partial charge in [-0.25, -0.2) is 14.6 Å². The minimum Gasteiger partial charge on any atom is -0.475 e. The molecule has 1 fully saturated rings. The average molecular weight is 573 g/mol. The van der Waals surface area contributed by atoms with Crippen molar-refractivity contribution < 1.29 is 60.0 Å². The summed E-state index contributed by atoms with van der Waals surface area (Å²) in [5.41, 5.74) is 3.72. The number of hydrogen-bond acceptors (Lipinski definition) is 7. The molecule has 2 aromatic rings. The molecule has 10 nitrogen and oxygen atoms in total. The molecule has 2 N–H and O–H groups in total. The van der Waals surface area contributed by atoms with Crippen LogP contribution >= 0.6 is 0 Å². The highest BCUT2D eigenvalue weighted by atomic mass is 19.4. The monoisotopic (exact) mass is 573 g/mol. The first-order chi connectivity index (χ1) is 18.2. The van der Waals surface area contributed by atoms with Crippen LogP contribution in [0, 0.1) is 5.92 Å². The molecule has 2 aliphatic heterocycles. The lowest BCUT2D eigenvalue weighted by Crippen LogP contribution is -2.36. The summed E-state index contributed by atoms with van der Waals surface area (Å²) in [5, 5.41) is 14.2. The molecular formula is C23H29F6N3O7. The van der Waals surface area contributed by atoms with Crippen molar-refractivity contribution in [2.24, 2.45) is 13.0 Å². The lowest BCUT2D eigenvalue weighted by Gasteiger charge is -2.33. The van der Waals surface area contributed by atoms with Crippen LogP contribution in [0.5, 0.6) is 0 Å². The topological polar surface area (TPSA) is 127 Å². The molecule has 2 aromatic heterocycles. The summed E-state index contributed by atoms with van der Waals surface area (Å²) in [6.45, 7) is 6.12. The second-order valence-electron chi connectivity index (χ2n) is 8.88. The maximum Gasteiger partial charge on any atom is 0.490 e. The van der Waals surface area contributed by atoms with Gasteiger partial charge in [-0.1, -0.05) is 0 Å². The number of halogens is 6. The number of hydrogen-bond donors (Lipinski definition) is 2. The van der Waals surface area contributed by atoms with Crippen LogP contribution in [0.2, 0.25) is 0 Å². The highest BCUT2D eigenvalue weighted by molar-refractivity contribution is 5.73. The van der Waals surface area contributed by atoms with Crippen LogP contribution in [0.15, 0.2) is 29.3 Å². The zero-order valence-electron chi connectivity index (χ0n) is 20.9. The molecule has 16 heteroatoms. The molecule has 2 aliphatic rings. The van der Waals surface area contributed by atoms with Crippen molar-refractivity contribution in [1.82, 2.24) is 14.5 Å². The van der Waals surface area contributed by atoms with Crippen molar-refractivity contribution >= 4 is 11.9 Å². The van der Waals surface area contributed by atoms with Crippen molar-refractivity contribution in [3.05, 3.63) is 41.9 Å². The molecule has 4 rings (SSSR count). The van der Waals surface area contributed by atoms with Gasteiger partial charge in [-0.2, -0.15) is 26.3 Å². The third-order valence-corrected chi connectivity index (χ3v) is 5.79. The summed E-state index contributed by atoms with van der Waals surface area (Å²) in [7, 11) is 2.09. The Morgan fingerprint density at radius 2 is 1.67 bits per heavy atom. The predicted molar refractivity (Wildman–Crippen MR) is 121 cm³/mol. The van der Waals surface area contributed by atoms with E-state index in [-0.39, 0.29) is 0 Å². The molecule has 0 aliphatic carbocycles. The van der Waals surface area contributed by atoms with E-state index in [1.54, 1.807) is 6.26 Å². The fraction of sp³-hybridized carbons (Fsp3) is 0.609. The summed E-state index contributed by atoms with van der Waals surface area (Å²) in [5.74, 6) is -4.51. The molecular weight excluding hydrogens is 544 g/mol. The van der Waals surface area contributed by atoms with Crippen LogP contribution in [0.1, 0.15) is 35.7 Å². The third kappa shape index (κ3) is 10.9. The first-order valence-corrected chi connectivity index (χ1v) is 11.7. The number of aliphatic carboxylic acids is 2. The Kier molecular flexibility index (Phi) is 11.8. The molecule has 0 saturated carbocycles. The Hall–Kier alpha value is -3.11. The summed E-state index contributed by atoms with van der Waals surface area (Å²) in [4.78, 5) is 24.8. The standard InChI is InChI=1S/C19H27N3O3.2C2HF3O2/c1-21-14-20-18-10-22(8-16-4-7-24-12-16)9-17(19(18)21)13-25-11-15-2-5-23-6-3-15;2*3-2(4,5)1(6)7/h4,7,12,14-15,17H,2-3,5-6,8-11,13H2,1H3;2*(H,6,7). The van der Waals surface area contributed by atoms with Gasteiger partial charge in [0.25, 0.3) is 0 Å². The maximum absolute atomic E-state index is 10.6. The summed E-state index contributed by atoms with van der Waals surface area (Å²) in [6, 6.07) is 2.03. The van der Waals surface area contributed by atoms with Crippen LogP contribution in [0.25, 0.3) is 0 Å². The van der Waals surface area contributed by atoms with Crippen molar-refractivity contribution in [2.75, 3.05) is 33.0 Å². The number of carboxylic acids is 2. The van der Waals surface area contributed by atoms with E-state index in [9.17, 15) is 26.3 Å². The number of aromatic nitrogens is 2. The van der Waals surface area contributed by atoms with Crippen LogP contribution in [0.4, 0.5) is 26.3 Å². The number of alkyl halides is 6. The first-order valence-electron chi connectivity index (χ1n) is 11.7. The number of aryl methyl sites for hydroxylation is 1. The number of carboxylic acid groups (broad SMARTS) is 2. The van der Waals surface area contributed by atoms with E-state index < -0.39 is 24.3 Å². The van der Waals surface area contributed by atoms with E-state index in [4.69, 9.17) is 33.7 Å². The Bertz CT molecular complexity index is 1010. The molecule has 0 aromatic carbocycles. The summed E-state index contributed by atoms with van der Waals surface area (Å²) in [6.07, 6.45) is -2.44. The Morgan fingerprint density at radius 3 is 2.18 bits per heavy atom. The number of fused-ring (bicyclic) bond motifs is 1. The smallest absolute Gasteiger partial charge is 0.475 e. The number of rotatable bonds is 6. The van der Waals surface area contributed by atoms with E-state index in [1.807, 2.05) is 18.7 Å². The second kappa shape index (κ2) is 14.3. The van der Waals surface area contributed by atoms with E-state index in [1.165, 1.54) is 17.0 Å². The van der Waals surface area contributed by atoms with Gasteiger partial charge in [-0.15, -0.1) is 0 Å². The zero-order chi connectivity index (χ0) is 29.2. The van der Waals surface area contributed by atoms with Crippen molar-refractivity contribution in [3.63, 3.8) is 0 Å². The van der Waals surface area contributed by atoms with Crippen LogP contribution in [0.3, 0.4) is 0 Å². The van der Waals surface area contributed by atoms with Gasteiger partial charge in [-0.3, -0.25) is 4.90 Å². The van der Waals surface area contributed by atoms with E-state index in [0.717, 1.165) is 58.9 Å². The molecule has 1 atom stereocenters. The number of imidazole rings is 1. The summed E-state index contributed by atoms with van der Waals surface area (Å²) >= 11 is 0. The fourth-order valence-corrected chi connectivity index (χ4v) is 3.99. The first kappa shape index (κ1) is 32.1. The Labute approximate surface area is 219 Å². The van der Waals surface area contributed by atoms with Gasteiger partial charge in [0.15, 0.2) is 0 Å². The zero-order valence-corrected chi connectivity index (χ0v) is 20.9. The molecule has 0 amide bonds. The molecule has 1 unspecified atom stereocenters. The normalized spacial score (nSPS) is 18.3. The van der Waals surface area contributed by atoms with E-state index >= 15 is 0 Å². The quantitative estimate of drug-likeness (QED) is 0.496. The highest BCUT2D eigenvalue weighted by Gasteiger charge is 2.39. The molecule has 0 bridgehead atoms. The third-order valence-electron chi connectivity index (χ3n) is 5.79. The SMILES string of the molecule is Cn1cnc2c1C(COCC1CCOCC1)CN(Cc1ccoc1)C2.O=C(O)C(F)(F)F.O=C(O)C(F)(F)F. The van der Waals surface area contributed by atoms with Gasteiger partial charge in [0.2, 0.25) is 0 Å². The number of nitrogens with zero attached hydrogens (tertiary/aromatic N) is 3. The molecule has 0 spiro atoms. The van der Waals surface area contributed by atoms with Crippen molar-refractivity contribution in [2.45, 2.75) is 44.2 Å². The van der Waals surface area contributed by atoms with Crippen LogP contribution in [-0.4, -0.2) is 81.9 Å². The minimum atomic E-state index is -5.08. The van der Waals surface area contributed by atoms with Gasteiger partial charge in [0.05, 0.1) is 31.2 Å². The van der Waals surface area contributed by atoms with Gasteiger partial charge < -0.3 is 28.7 Å². The summed E-state index contributed by atoms with van der Waals surface area (Å²) < 4.78 is 82.4. The molecule has 39 heavy (non-hydrogen) atoms. The lowest BCUT2D eigenvalue weighted by atomic mass is 9.98. The van der Waals surface area contributed by atoms with Crippen molar-refractivity contribution in [3.8, 4) is 0 Å². The van der Waals surface area contributed by atoms with Gasteiger partial charge in [0, 0.05) is 63.7 Å². The maximum atomic E-state index is 10.6. The molecule has 220 valence electrons. The fourth-order valence-electron chi connectivity index (χ4n) is 3.99. The van der Waals surface area contributed by atoms with E-state index in [2.05, 4.69) is 21.5 Å². The molecule has 4 heterocycles. The molecule has 1 saturated heterocycles. The molecule has 0 radical (unpaired) electrons.